The topological polar surface area (TPSA) is 109 Å². The summed E-state index contributed by atoms with van der Waals surface area (Å²) in [7, 11) is 3.91. The number of benzodiazepines with no additional fused rings is 1. The van der Waals surface area contributed by atoms with E-state index in [1.807, 2.05) is 79.7 Å². The zero-order valence-electron chi connectivity index (χ0n) is 18.1. The molecule has 33 heavy (non-hydrogen) atoms. The first-order valence-corrected chi connectivity index (χ1v) is 10.4. The smallest absolute Gasteiger partial charge is 0.317 e. The Kier molecular flexibility index (Phi) is 5.45. The first-order valence-electron chi connectivity index (χ1n) is 10.4. The van der Waals surface area contributed by atoms with Crippen molar-refractivity contribution in [2.24, 2.45) is 4.99 Å². The molecule has 5 rings (SSSR count). The Morgan fingerprint density at radius 3 is 2.58 bits per heavy atom. The molecule has 4 aromatic rings. The SMILES string of the molecule is CN(C)Cc1ccc(-c2nnc(NC3N=C(c4ccccc4)c4ccccc4NC3=O)o2)o1. The maximum absolute atomic E-state index is 12.9. The lowest BCUT2D eigenvalue weighted by atomic mass is 10.0. The van der Waals surface area contributed by atoms with Crippen LogP contribution in [0.4, 0.5) is 11.7 Å². The number of anilines is 2. The number of nitrogens with zero attached hydrogens (tertiary/aromatic N) is 4. The van der Waals surface area contributed by atoms with Crippen LogP contribution in [0.2, 0.25) is 0 Å². The number of benzene rings is 2. The summed E-state index contributed by atoms with van der Waals surface area (Å²) in [6.07, 6.45) is -0.971. The van der Waals surface area contributed by atoms with Gasteiger partial charge in [-0.15, -0.1) is 5.10 Å². The monoisotopic (exact) mass is 442 g/mol. The van der Waals surface area contributed by atoms with Gasteiger partial charge in [-0.05, 0) is 32.3 Å². The average molecular weight is 442 g/mol. The molecular formula is C24H22N6O3. The minimum atomic E-state index is -0.971. The van der Waals surface area contributed by atoms with Crippen LogP contribution in [0.15, 0.2) is 80.6 Å². The third-order valence-corrected chi connectivity index (χ3v) is 5.02. The van der Waals surface area contributed by atoms with Gasteiger partial charge in [-0.1, -0.05) is 53.6 Å². The lowest BCUT2D eigenvalue weighted by molar-refractivity contribution is -0.116. The van der Waals surface area contributed by atoms with E-state index in [0.717, 1.165) is 16.9 Å². The molecule has 2 aromatic heterocycles. The number of amides is 1. The third kappa shape index (κ3) is 4.39. The Morgan fingerprint density at radius 1 is 0.970 bits per heavy atom. The molecule has 0 saturated carbocycles. The summed E-state index contributed by atoms with van der Waals surface area (Å²) in [5.74, 6) is 1.12. The van der Waals surface area contributed by atoms with E-state index in [1.54, 1.807) is 6.07 Å². The van der Waals surface area contributed by atoms with E-state index < -0.39 is 6.17 Å². The number of carbonyl (C=O) groups excluding carboxylic acids is 1. The van der Waals surface area contributed by atoms with Crippen molar-refractivity contribution in [3.63, 3.8) is 0 Å². The number of para-hydroxylation sites is 1. The summed E-state index contributed by atoms with van der Waals surface area (Å²) >= 11 is 0. The van der Waals surface area contributed by atoms with Gasteiger partial charge in [0.25, 0.3) is 11.8 Å². The van der Waals surface area contributed by atoms with Gasteiger partial charge in [0.2, 0.25) is 6.17 Å². The van der Waals surface area contributed by atoms with Gasteiger partial charge in [0, 0.05) is 11.1 Å². The van der Waals surface area contributed by atoms with Gasteiger partial charge < -0.3 is 24.4 Å². The number of nitrogens with one attached hydrogen (secondary N) is 2. The Labute approximate surface area is 190 Å². The predicted molar refractivity (Wildman–Crippen MR) is 124 cm³/mol. The second-order valence-electron chi connectivity index (χ2n) is 7.84. The van der Waals surface area contributed by atoms with Crippen LogP contribution in [0, 0.1) is 0 Å². The number of carbonyl (C=O) groups is 1. The molecule has 0 radical (unpaired) electrons. The number of fused-ring (bicyclic) bond motifs is 1. The summed E-state index contributed by atoms with van der Waals surface area (Å²) in [6.45, 7) is 0.652. The van der Waals surface area contributed by atoms with Crippen LogP contribution < -0.4 is 10.6 Å². The fourth-order valence-electron chi connectivity index (χ4n) is 3.57. The first kappa shape index (κ1) is 20.7. The second kappa shape index (κ2) is 8.71. The Balaban J connectivity index is 1.44. The van der Waals surface area contributed by atoms with E-state index in [2.05, 4.69) is 20.8 Å². The second-order valence-corrected chi connectivity index (χ2v) is 7.84. The van der Waals surface area contributed by atoms with Crippen LogP contribution in [-0.2, 0) is 11.3 Å². The largest absolute Gasteiger partial charge is 0.455 e. The molecule has 2 N–H and O–H groups in total. The molecule has 1 aliphatic rings. The number of hydrogen-bond acceptors (Lipinski definition) is 8. The normalized spacial score (nSPS) is 15.5. The van der Waals surface area contributed by atoms with Crippen molar-refractivity contribution < 1.29 is 13.6 Å². The van der Waals surface area contributed by atoms with Crippen molar-refractivity contribution >= 4 is 23.3 Å². The molecule has 0 bridgehead atoms. The van der Waals surface area contributed by atoms with Crippen molar-refractivity contribution in [3.05, 3.63) is 83.6 Å². The quantitative estimate of drug-likeness (QED) is 0.469. The summed E-state index contributed by atoms with van der Waals surface area (Å²) in [6, 6.07) is 21.0. The molecule has 0 aliphatic carbocycles. The van der Waals surface area contributed by atoms with Crippen LogP contribution in [0.1, 0.15) is 16.9 Å². The van der Waals surface area contributed by atoms with Crippen LogP contribution >= 0.6 is 0 Å². The molecule has 1 atom stereocenters. The fourth-order valence-corrected chi connectivity index (χ4v) is 3.57. The van der Waals surface area contributed by atoms with E-state index in [0.29, 0.717) is 23.7 Å². The van der Waals surface area contributed by atoms with Gasteiger partial charge in [0.15, 0.2) is 5.76 Å². The minimum absolute atomic E-state index is 0.0674. The number of aliphatic imine (C=N–C) groups is 1. The molecule has 166 valence electrons. The molecule has 0 fully saturated rings. The van der Waals surface area contributed by atoms with E-state index in [9.17, 15) is 4.79 Å². The maximum Gasteiger partial charge on any atom is 0.317 e. The van der Waals surface area contributed by atoms with Gasteiger partial charge >= 0.3 is 6.01 Å². The number of rotatable bonds is 6. The highest BCUT2D eigenvalue weighted by Gasteiger charge is 2.27. The van der Waals surface area contributed by atoms with E-state index >= 15 is 0 Å². The van der Waals surface area contributed by atoms with Crippen molar-refractivity contribution in [1.82, 2.24) is 15.1 Å². The number of furan rings is 1. The zero-order valence-corrected chi connectivity index (χ0v) is 18.1. The molecule has 1 aliphatic heterocycles. The molecule has 2 aromatic carbocycles. The van der Waals surface area contributed by atoms with Crippen molar-refractivity contribution in [2.75, 3.05) is 24.7 Å². The van der Waals surface area contributed by atoms with Crippen LogP contribution in [0.3, 0.4) is 0 Å². The highest BCUT2D eigenvalue weighted by atomic mass is 16.4. The van der Waals surface area contributed by atoms with Crippen molar-refractivity contribution in [1.29, 1.82) is 0 Å². The van der Waals surface area contributed by atoms with E-state index in [4.69, 9.17) is 13.8 Å². The van der Waals surface area contributed by atoms with Gasteiger partial charge in [0.05, 0.1) is 17.9 Å². The van der Waals surface area contributed by atoms with Crippen molar-refractivity contribution in [3.8, 4) is 11.7 Å². The van der Waals surface area contributed by atoms with Crippen LogP contribution in [0.5, 0.6) is 0 Å². The zero-order chi connectivity index (χ0) is 22.8. The van der Waals surface area contributed by atoms with Gasteiger partial charge in [-0.25, -0.2) is 4.99 Å². The summed E-state index contributed by atoms with van der Waals surface area (Å²) in [5.41, 5.74) is 3.09. The average Bonchev–Trinajstić information content (AvgIpc) is 3.44. The minimum Gasteiger partial charge on any atom is -0.455 e. The molecule has 9 nitrogen and oxygen atoms in total. The summed E-state index contributed by atoms with van der Waals surface area (Å²) in [5, 5.41) is 13.9. The molecule has 1 unspecified atom stereocenters. The Morgan fingerprint density at radius 2 is 1.76 bits per heavy atom. The van der Waals surface area contributed by atoms with Crippen molar-refractivity contribution in [2.45, 2.75) is 12.7 Å². The van der Waals surface area contributed by atoms with Gasteiger partial charge in [-0.3, -0.25) is 4.79 Å². The molecule has 9 heteroatoms. The maximum atomic E-state index is 12.9. The third-order valence-electron chi connectivity index (χ3n) is 5.02. The lowest BCUT2D eigenvalue weighted by Crippen LogP contribution is -2.32. The molecule has 3 heterocycles. The Bertz CT molecular complexity index is 1310. The van der Waals surface area contributed by atoms with Crippen LogP contribution in [0.25, 0.3) is 11.7 Å². The van der Waals surface area contributed by atoms with E-state index in [-0.39, 0.29) is 17.8 Å². The summed E-state index contributed by atoms with van der Waals surface area (Å²) < 4.78 is 11.5. The first-order chi connectivity index (χ1) is 16.1. The van der Waals surface area contributed by atoms with Crippen LogP contribution in [-0.4, -0.2) is 47.0 Å². The number of aromatic nitrogens is 2. The molecule has 0 saturated heterocycles. The highest BCUT2D eigenvalue weighted by Crippen LogP contribution is 2.26. The number of hydrogen-bond donors (Lipinski definition) is 2. The summed E-state index contributed by atoms with van der Waals surface area (Å²) in [4.78, 5) is 19.7. The van der Waals surface area contributed by atoms with E-state index in [1.165, 1.54) is 0 Å². The fraction of sp³-hybridized carbons (Fsp3) is 0.167. The predicted octanol–water partition coefficient (Wildman–Crippen LogP) is 3.62. The molecular weight excluding hydrogens is 420 g/mol. The van der Waals surface area contributed by atoms with Gasteiger partial charge in [0.1, 0.15) is 5.76 Å². The standard InChI is InChI=1S/C24H22N6O3/c1-30(2)14-16-12-13-19(32-16)23-28-29-24(33-23)27-21-22(31)25-18-11-7-6-10-17(18)20(26-21)15-8-4-3-5-9-15/h3-13,21H,14H2,1-2H3,(H,25,31)(H,27,29). The lowest BCUT2D eigenvalue weighted by Gasteiger charge is -2.11. The Hall–Kier alpha value is -4.24. The highest BCUT2D eigenvalue weighted by molar-refractivity contribution is 6.19. The molecule has 1 amide bonds. The molecule has 0 spiro atoms. The van der Waals surface area contributed by atoms with Gasteiger partial charge in [-0.2, -0.15) is 0 Å².